The largest absolute Gasteiger partial charge is 0.355 e. The molecule has 0 unspecified atom stereocenters. The molecule has 1 aliphatic heterocycles. The van der Waals surface area contributed by atoms with Crippen LogP contribution in [-0.4, -0.2) is 82.6 Å². The number of nitriles is 2. The van der Waals surface area contributed by atoms with E-state index in [9.17, 15) is 32.0 Å². The number of rotatable bonds is 8. The van der Waals surface area contributed by atoms with Gasteiger partial charge in [0.25, 0.3) is 17.4 Å². The first-order valence-electron chi connectivity index (χ1n) is 17.4. The molecule has 56 heavy (non-hydrogen) atoms. The number of benzene rings is 1. The highest BCUT2D eigenvalue weighted by Crippen LogP contribution is 2.42. The van der Waals surface area contributed by atoms with Crippen LogP contribution in [0, 0.1) is 41.4 Å². The second kappa shape index (κ2) is 15.2. The molecule has 1 saturated carbocycles. The summed E-state index contributed by atoms with van der Waals surface area (Å²) in [6.07, 6.45) is 4.13. The molecule has 286 valence electrons. The zero-order valence-electron chi connectivity index (χ0n) is 30.0. The number of likely N-dealkylation sites (tertiary alicyclic amines) is 1. The van der Waals surface area contributed by atoms with E-state index in [1.54, 1.807) is 31.2 Å². The van der Waals surface area contributed by atoms with E-state index in [0.29, 0.717) is 64.0 Å². The average Bonchev–Trinajstić information content (AvgIpc) is 3.59. The monoisotopic (exact) mass is 815 g/mol. The van der Waals surface area contributed by atoms with Gasteiger partial charge in [0.05, 0.1) is 45.5 Å². The van der Waals surface area contributed by atoms with E-state index in [-0.39, 0.29) is 59.0 Å². The van der Waals surface area contributed by atoms with Crippen molar-refractivity contribution in [2.75, 3.05) is 30.8 Å². The van der Waals surface area contributed by atoms with Crippen molar-refractivity contribution in [3.05, 3.63) is 79.9 Å². The number of amides is 1. The van der Waals surface area contributed by atoms with Gasteiger partial charge in [0, 0.05) is 78.4 Å². The molecule has 0 atom stereocenters. The van der Waals surface area contributed by atoms with Crippen LogP contribution in [-0.2, 0) is 16.6 Å². The van der Waals surface area contributed by atoms with Crippen LogP contribution in [0.2, 0.25) is 5.02 Å². The van der Waals surface area contributed by atoms with Gasteiger partial charge in [0.15, 0.2) is 5.75 Å². The van der Waals surface area contributed by atoms with Gasteiger partial charge >= 0.3 is 0 Å². The number of piperidine rings is 1. The molecule has 0 radical (unpaired) electrons. The summed E-state index contributed by atoms with van der Waals surface area (Å²) in [4.78, 5) is 44.4. The van der Waals surface area contributed by atoms with Gasteiger partial charge in [-0.15, -0.1) is 11.3 Å². The Morgan fingerprint density at radius 2 is 1.91 bits per heavy atom. The Hall–Kier alpha value is -5.51. The van der Waals surface area contributed by atoms with Gasteiger partial charge in [0.2, 0.25) is 10.0 Å². The number of carbonyl (C=O) groups excluding carboxylic acids is 1. The molecule has 0 bridgehead atoms. The van der Waals surface area contributed by atoms with Crippen LogP contribution < -0.4 is 15.2 Å². The number of sulfonamides is 1. The van der Waals surface area contributed by atoms with Gasteiger partial charge in [0.1, 0.15) is 23.3 Å². The number of aryl methyl sites for hydroxylation is 1. The highest BCUT2D eigenvalue weighted by molar-refractivity contribution is 7.90. The normalized spacial score (nSPS) is 16.1. The van der Waals surface area contributed by atoms with E-state index in [4.69, 9.17) is 16.9 Å². The van der Waals surface area contributed by atoms with Crippen molar-refractivity contribution >= 4 is 65.8 Å². The second-order valence-electron chi connectivity index (χ2n) is 13.7. The number of nitrogens with one attached hydrogen (secondary N) is 1. The second-order valence-corrected chi connectivity index (χ2v) is 16.7. The summed E-state index contributed by atoms with van der Waals surface area (Å²) in [5, 5.41) is 21.1. The zero-order valence-corrected chi connectivity index (χ0v) is 32.4. The van der Waals surface area contributed by atoms with Crippen molar-refractivity contribution in [2.24, 2.45) is 0 Å². The smallest absolute Gasteiger partial charge is 0.267 e. The van der Waals surface area contributed by atoms with Crippen molar-refractivity contribution < 1.29 is 22.0 Å². The Kier molecular flexibility index (Phi) is 10.5. The molecule has 1 N–H and O–H groups in total. The third-order valence-electron chi connectivity index (χ3n) is 10.2. The number of carbonyl (C=O) groups is 1. The fraction of sp³-hybridized carbons (Fsp3) is 0.342. The minimum absolute atomic E-state index is 0.00549. The summed E-state index contributed by atoms with van der Waals surface area (Å²) in [6.45, 7) is 2.90. The molecule has 5 aromatic rings. The number of aromatic nitrogens is 4. The lowest BCUT2D eigenvalue weighted by Crippen LogP contribution is -2.55. The fourth-order valence-electron chi connectivity index (χ4n) is 7.25. The molecule has 7 rings (SSSR count). The summed E-state index contributed by atoms with van der Waals surface area (Å²) in [5.41, 5.74) is 1.96. The van der Waals surface area contributed by atoms with Crippen LogP contribution in [0.3, 0.4) is 0 Å². The van der Waals surface area contributed by atoms with Crippen LogP contribution in [0.25, 0.3) is 32.2 Å². The Morgan fingerprint density at radius 3 is 2.61 bits per heavy atom. The summed E-state index contributed by atoms with van der Waals surface area (Å²) in [6, 6.07) is 10.4. The number of hydrogen-bond donors (Lipinski definition) is 1. The maximum Gasteiger partial charge on any atom is 0.267 e. The van der Waals surface area contributed by atoms with Crippen LogP contribution in [0.1, 0.15) is 53.0 Å². The van der Waals surface area contributed by atoms with Gasteiger partial charge in [-0.1, -0.05) is 23.4 Å². The molecule has 13 nitrogen and oxygen atoms in total. The number of anilines is 1. The Balaban J connectivity index is 1.17. The first kappa shape index (κ1) is 38.8. The van der Waals surface area contributed by atoms with Gasteiger partial charge in [-0.2, -0.15) is 10.5 Å². The molecular formula is C38H32ClF2N9O4S2. The molecular weight excluding hydrogens is 784 g/mol. The first-order valence-corrected chi connectivity index (χ1v) is 20.3. The van der Waals surface area contributed by atoms with Gasteiger partial charge in [-0.3, -0.25) is 24.0 Å². The summed E-state index contributed by atoms with van der Waals surface area (Å²) < 4.78 is 54.9. The van der Waals surface area contributed by atoms with E-state index < -0.39 is 33.2 Å². The SMILES string of the molecule is Cc1nc2cnc(N(C)C3CCN(C4CC(F)(F)C4)CC3)c(C#N)c2c(=O)n1CC#Cc1ccc(Cl)cc1-c1ccnc2c(C(=O)NS(=O)(=O)CC#N)csc12. The topological polar surface area (TPSA) is 178 Å². The van der Waals surface area contributed by atoms with E-state index in [2.05, 4.69) is 37.8 Å². The van der Waals surface area contributed by atoms with Crippen LogP contribution >= 0.6 is 22.9 Å². The van der Waals surface area contributed by atoms with E-state index in [0.717, 1.165) is 0 Å². The van der Waals surface area contributed by atoms with Crippen LogP contribution in [0.5, 0.6) is 0 Å². The molecule has 2 fully saturated rings. The summed E-state index contributed by atoms with van der Waals surface area (Å²) in [5.74, 6) is 2.52. The van der Waals surface area contributed by atoms with Crippen molar-refractivity contribution in [3.63, 3.8) is 0 Å². The van der Waals surface area contributed by atoms with E-state index in [1.165, 1.54) is 39.7 Å². The van der Waals surface area contributed by atoms with Crippen LogP contribution in [0.4, 0.5) is 14.6 Å². The van der Waals surface area contributed by atoms with Crippen molar-refractivity contribution in [2.45, 2.75) is 57.2 Å². The van der Waals surface area contributed by atoms with Crippen LogP contribution in [0.15, 0.2) is 46.8 Å². The minimum atomic E-state index is -4.16. The highest BCUT2D eigenvalue weighted by atomic mass is 35.5. The quantitative estimate of drug-likeness (QED) is 0.203. The molecule has 5 heterocycles. The molecule has 1 amide bonds. The number of thiophene rings is 1. The zero-order chi connectivity index (χ0) is 39.9. The Morgan fingerprint density at radius 1 is 1.16 bits per heavy atom. The highest BCUT2D eigenvalue weighted by Gasteiger charge is 2.48. The standard InChI is InChI=1S/C38H32ClF2N9O4S2/c1-22-46-31-20-45-35(48(2)25-8-13-49(14-9-25)26-17-38(40,41)18-26)29(19-43)32(31)37(52)50(22)12-3-4-23-5-6-24(39)16-28(23)27-7-11-44-33-30(21-55-34(27)33)36(51)47-56(53,54)15-10-42/h5-7,11,16,20-21,25-26H,8-9,12-15,17-18H2,1-2H3,(H,47,51). The lowest BCUT2D eigenvalue weighted by Gasteiger charge is -2.46. The third kappa shape index (κ3) is 7.53. The number of fused-ring (bicyclic) bond motifs is 2. The Bertz CT molecular complexity index is 2730. The van der Waals surface area contributed by atoms with E-state index in [1.807, 2.05) is 16.7 Å². The predicted molar refractivity (Wildman–Crippen MR) is 208 cm³/mol. The van der Waals surface area contributed by atoms with E-state index >= 15 is 0 Å². The predicted octanol–water partition coefficient (Wildman–Crippen LogP) is 5.23. The molecule has 1 aromatic carbocycles. The molecule has 0 spiro atoms. The maximum absolute atomic E-state index is 14.1. The number of halogens is 3. The molecule has 4 aromatic heterocycles. The maximum atomic E-state index is 14.1. The van der Waals surface area contributed by atoms with Gasteiger partial charge in [-0.25, -0.2) is 31.9 Å². The van der Waals surface area contributed by atoms with Crippen molar-refractivity contribution in [3.8, 4) is 35.1 Å². The summed E-state index contributed by atoms with van der Waals surface area (Å²) >= 11 is 7.59. The molecule has 1 saturated heterocycles. The van der Waals surface area contributed by atoms with Gasteiger partial charge in [-0.05, 0) is 44.0 Å². The fourth-order valence-corrected chi connectivity index (χ4v) is 9.09. The number of nitrogens with zero attached hydrogens (tertiary/aromatic N) is 8. The number of alkyl halides is 2. The first-order chi connectivity index (χ1) is 26.7. The average molecular weight is 816 g/mol. The van der Waals surface area contributed by atoms with Gasteiger partial charge < -0.3 is 4.90 Å². The lowest BCUT2D eigenvalue weighted by atomic mass is 9.85. The third-order valence-corrected chi connectivity index (χ3v) is 12.4. The molecule has 18 heteroatoms. The lowest BCUT2D eigenvalue weighted by molar-refractivity contribution is -0.127. The minimum Gasteiger partial charge on any atom is -0.355 e. The summed E-state index contributed by atoms with van der Waals surface area (Å²) in [7, 11) is -2.34. The van der Waals surface area contributed by atoms with Crippen molar-refractivity contribution in [1.29, 1.82) is 10.5 Å². The number of hydrogen-bond acceptors (Lipinski definition) is 12. The Labute approximate surface area is 329 Å². The van der Waals surface area contributed by atoms with Crippen molar-refractivity contribution in [1.82, 2.24) is 29.1 Å². The molecule has 1 aliphatic carbocycles. The molecule has 2 aliphatic rings. The number of pyridine rings is 2.